The summed E-state index contributed by atoms with van der Waals surface area (Å²) in [7, 11) is 0. The largest absolute Gasteiger partial charge is 0.340 e. The molecule has 0 radical (unpaired) electrons. The fourth-order valence-electron chi connectivity index (χ4n) is 2.63. The maximum absolute atomic E-state index is 14.5. The van der Waals surface area contributed by atoms with Crippen molar-refractivity contribution >= 4 is 45.2 Å². The molecule has 0 unspecified atom stereocenters. The first-order valence-electron chi connectivity index (χ1n) is 6.87. The Morgan fingerprint density at radius 2 is 0.808 bits per heavy atom. The molecule has 26 heavy (non-hydrogen) atoms. The maximum Gasteiger partial charge on any atom is 0.340 e. The Hall–Kier alpha value is -0.660. The van der Waals surface area contributed by atoms with Crippen LogP contribution >= 0.6 is 45.2 Å². The van der Waals surface area contributed by atoms with Gasteiger partial charge < -0.3 is 0 Å². The van der Waals surface area contributed by atoms with Crippen LogP contribution in [-0.4, -0.2) is 0 Å². The van der Waals surface area contributed by atoms with Gasteiger partial charge >= 0.3 is 23.7 Å². The van der Waals surface area contributed by atoms with Crippen molar-refractivity contribution in [3.63, 3.8) is 0 Å². The highest BCUT2D eigenvalue weighted by Gasteiger charge is 2.63. The molecule has 0 N–H and O–H groups in total. The van der Waals surface area contributed by atoms with Gasteiger partial charge in [-0.2, -0.15) is 35.1 Å². The van der Waals surface area contributed by atoms with Crippen LogP contribution in [0.1, 0.15) is 22.3 Å². The normalized spacial score (nSPS) is 21.9. The molecule has 10 heteroatoms. The molecule has 0 spiro atoms. The van der Waals surface area contributed by atoms with Gasteiger partial charge in [-0.05, 0) is 57.3 Å². The minimum Gasteiger partial charge on any atom is -0.194 e. The Morgan fingerprint density at radius 1 is 0.500 bits per heavy atom. The molecule has 0 heterocycles. The van der Waals surface area contributed by atoms with Crippen LogP contribution in [0.5, 0.6) is 0 Å². The van der Waals surface area contributed by atoms with E-state index in [0.29, 0.717) is 36.4 Å². The fraction of sp³-hybridized carbons (Fsp3) is 0.250. The molecule has 0 aromatic heterocycles. The first-order chi connectivity index (χ1) is 11.7. The molecule has 2 aromatic rings. The third-order valence-electron chi connectivity index (χ3n) is 4.13. The van der Waals surface area contributed by atoms with E-state index >= 15 is 0 Å². The van der Waals surface area contributed by atoms with E-state index in [9.17, 15) is 35.1 Å². The predicted octanol–water partition coefficient (Wildman–Crippen LogP) is 6.98. The second kappa shape index (κ2) is 5.92. The topological polar surface area (TPSA) is 0 Å². The molecular formula is C16H6F8I2. The lowest BCUT2D eigenvalue weighted by Crippen LogP contribution is -2.39. The number of halogens is 10. The van der Waals surface area contributed by atoms with E-state index in [2.05, 4.69) is 0 Å². The van der Waals surface area contributed by atoms with Crippen molar-refractivity contribution in [1.29, 1.82) is 0 Å². The lowest BCUT2D eigenvalue weighted by atomic mass is 9.89. The van der Waals surface area contributed by atoms with E-state index in [1.165, 1.54) is 0 Å². The van der Waals surface area contributed by atoms with E-state index in [1.807, 2.05) is 0 Å². The summed E-state index contributed by atoms with van der Waals surface area (Å²) < 4.78 is 115. The number of rotatable bonds is 0. The smallest absolute Gasteiger partial charge is 0.194 e. The van der Waals surface area contributed by atoms with Crippen molar-refractivity contribution < 1.29 is 35.1 Å². The summed E-state index contributed by atoms with van der Waals surface area (Å²) in [5, 5.41) is 0. The summed E-state index contributed by atoms with van der Waals surface area (Å²) >= 11 is 2.32. The van der Waals surface area contributed by atoms with Crippen molar-refractivity contribution in [2.75, 3.05) is 0 Å². The van der Waals surface area contributed by atoms with E-state index in [0.717, 1.165) is 45.2 Å². The molecular weight excluding hydrogens is 598 g/mol. The summed E-state index contributed by atoms with van der Waals surface area (Å²) in [6.07, 6.45) is 0. The van der Waals surface area contributed by atoms with Crippen LogP contribution in [0, 0.1) is 7.14 Å². The van der Waals surface area contributed by atoms with Gasteiger partial charge in [-0.3, -0.25) is 0 Å². The van der Waals surface area contributed by atoms with Gasteiger partial charge in [0, 0.05) is 29.4 Å². The average molecular weight is 604 g/mol. The van der Waals surface area contributed by atoms with Crippen molar-refractivity contribution in [3.8, 4) is 0 Å². The molecule has 140 valence electrons. The Bertz CT molecular complexity index is 818. The van der Waals surface area contributed by atoms with Gasteiger partial charge in [0.1, 0.15) is 0 Å². The lowest BCUT2D eigenvalue weighted by Gasteiger charge is -2.32. The lowest BCUT2D eigenvalue weighted by molar-refractivity contribution is -0.228. The van der Waals surface area contributed by atoms with Gasteiger partial charge in [0.15, 0.2) is 0 Å². The first kappa shape index (κ1) is 20.1. The van der Waals surface area contributed by atoms with Crippen molar-refractivity contribution in [2.24, 2.45) is 0 Å². The average Bonchev–Trinajstić information content (AvgIpc) is 2.52. The maximum atomic E-state index is 14.5. The van der Waals surface area contributed by atoms with Crippen molar-refractivity contribution in [1.82, 2.24) is 0 Å². The summed E-state index contributed by atoms with van der Waals surface area (Å²) in [6.45, 7) is 0. The third-order valence-corrected chi connectivity index (χ3v) is 5.91. The predicted molar refractivity (Wildman–Crippen MR) is 93.9 cm³/mol. The van der Waals surface area contributed by atoms with E-state index in [-0.39, 0.29) is 0 Å². The molecule has 0 amide bonds. The van der Waals surface area contributed by atoms with Gasteiger partial charge in [0.2, 0.25) is 0 Å². The van der Waals surface area contributed by atoms with Crippen molar-refractivity contribution in [3.05, 3.63) is 65.8 Å². The molecule has 2 aromatic carbocycles. The standard InChI is InChI=1S/C16H6F8I2/c17-13(18)7-1-3-9(11(25)5-7)15(21,22)14(19,20)8-2-4-10(12(26)6-8)16(13,23)24/h1-6H. The minimum absolute atomic E-state index is 0.330. The quantitative estimate of drug-likeness (QED) is 0.225. The summed E-state index contributed by atoms with van der Waals surface area (Å²) in [5.74, 6) is -18.9. The second-order valence-corrected chi connectivity index (χ2v) is 8.01. The Morgan fingerprint density at radius 3 is 1.08 bits per heavy atom. The third kappa shape index (κ3) is 2.57. The molecule has 0 saturated heterocycles. The Labute approximate surface area is 169 Å². The monoisotopic (exact) mass is 604 g/mol. The summed E-state index contributed by atoms with van der Waals surface area (Å²) in [4.78, 5) is 0. The van der Waals surface area contributed by atoms with Crippen LogP contribution in [0.3, 0.4) is 0 Å². The van der Waals surface area contributed by atoms with Gasteiger partial charge in [-0.25, -0.2) is 0 Å². The molecule has 6 rings (SSSR count). The van der Waals surface area contributed by atoms with E-state index in [4.69, 9.17) is 0 Å². The number of benzene rings is 2. The van der Waals surface area contributed by atoms with Crippen LogP contribution in [0.25, 0.3) is 0 Å². The van der Waals surface area contributed by atoms with Crippen LogP contribution in [0.15, 0.2) is 36.4 Å². The number of alkyl halides is 8. The first-order valence-corrected chi connectivity index (χ1v) is 9.02. The zero-order valence-corrected chi connectivity index (χ0v) is 16.6. The van der Waals surface area contributed by atoms with E-state index in [1.54, 1.807) is 0 Å². The van der Waals surface area contributed by atoms with Crippen LogP contribution in [0.4, 0.5) is 35.1 Å². The zero-order chi connectivity index (χ0) is 19.7. The zero-order valence-electron chi connectivity index (χ0n) is 12.2. The highest BCUT2D eigenvalue weighted by atomic mass is 127. The van der Waals surface area contributed by atoms with Crippen LogP contribution in [0.2, 0.25) is 0 Å². The van der Waals surface area contributed by atoms with Crippen molar-refractivity contribution in [2.45, 2.75) is 23.7 Å². The molecule has 0 fully saturated rings. The summed E-state index contributed by atoms with van der Waals surface area (Å²) in [5.41, 5.74) is -4.92. The molecule has 0 nitrogen and oxygen atoms in total. The Balaban J connectivity index is 2.46. The second-order valence-electron chi connectivity index (χ2n) is 5.69. The van der Waals surface area contributed by atoms with Crippen LogP contribution < -0.4 is 0 Å². The molecule has 4 aliphatic carbocycles. The SMILES string of the molecule is FC1(F)c2ccc(c(I)c2)C(F)(F)C(F)(F)c2ccc(c(I)c2)C1(F)F. The van der Waals surface area contributed by atoms with Gasteiger partial charge in [0.05, 0.1) is 0 Å². The highest BCUT2D eigenvalue weighted by Crippen LogP contribution is 2.55. The van der Waals surface area contributed by atoms with Gasteiger partial charge in [-0.15, -0.1) is 0 Å². The highest BCUT2D eigenvalue weighted by molar-refractivity contribution is 14.1. The fourth-order valence-corrected chi connectivity index (χ4v) is 4.34. The summed E-state index contributed by atoms with van der Waals surface area (Å²) in [6, 6.07) is 2.11. The molecule has 4 bridgehead atoms. The van der Waals surface area contributed by atoms with Crippen LogP contribution in [-0.2, 0) is 23.7 Å². The van der Waals surface area contributed by atoms with Gasteiger partial charge in [-0.1, -0.05) is 24.3 Å². The minimum atomic E-state index is -4.73. The number of hydrogen-bond acceptors (Lipinski definition) is 0. The van der Waals surface area contributed by atoms with Gasteiger partial charge in [0.25, 0.3) is 0 Å². The molecule has 0 atom stereocenters. The molecule has 0 aliphatic heterocycles. The van der Waals surface area contributed by atoms with E-state index < -0.39 is 53.1 Å². The Kier molecular flexibility index (Phi) is 4.57. The number of hydrogen-bond donors (Lipinski definition) is 0. The molecule has 4 aliphatic rings. The molecule has 0 saturated carbocycles.